The molecule has 2 unspecified atom stereocenters. The van der Waals surface area contributed by atoms with Gasteiger partial charge in [0, 0.05) is 12.1 Å². The van der Waals surface area contributed by atoms with Gasteiger partial charge in [0.2, 0.25) is 0 Å². The van der Waals surface area contributed by atoms with Gasteiger partial charge in [-0.3, -0.25) is 0 Å². The fourth-order valence-electron chi connectivity index (χ4n) is 3.45. The SMILES string of the molecule is COc1ccc(C(C)NC2CCc3c(cccc3OC)C2)cc1. The van der Waals surface area contributed by atoms with Crippen molar-refractivity contribution in [2.45, 2.75) is 38.3 Å². The first-order chi connectivity index (χ1) is 11.2. The van der Waals surface area contributed by atoms with Gasteiger partial charge in [0.1, 0.15) is 11.5 Å². The van der Waals surface area contributed by atoms with Crippen molar-refractivity contribution in [3.05, 3.63) is 59.2 Å². The van der Waals surface area contributed by atoms with Crippen molar-refractivity contribution in [1.82, 2.24) is 5.32 Å². The minimum Gasteiger partial charge on any atom is -0.497 e. The normalized spacial score (nSPS) is 18.1. The summed E-state index contributed by atoms with van der Waals surface area (Å²) in [5, 5.41) is 3.77. The maximum absolute atomic E-state index is 5.49. The number of hydrogen-bond donors (Lipinski definition) is 1. The number of methoxy groups -OCH3 is 2. The Morgan fingerprint density at radius 3 is 2.52 bits per heavy atom. The van der Waals surface area contributed by atoms with Crippen molar-refractivity contribution >= 4 is 0 Å². The van der Waals surface area contributed by atoms with Crippen LogP contribution in [0.1, 0.15) is 36.1 Å². The summed E-state index contributed by atoms with van der Waals surface area (Å²) in [5.74, 6) is 1.93. The first-order valence-corrected chi connectivity index (χ1v) is 8.26. The summed E-state index contributed by atoms with van der Waals surface area (Å²) in [7, 11) is 3.45. The molecule has 3 rings (SSSR count). The minimum absolute atomic E-state index is 0.332. The molecule has 3 heteroatoms. The van der Waals surface area contributed by atoms with E-state index in [0.717, 1.165) is 30.8 Å². The van der Waals surface area contributed by atoms with Crippen LogP contribution in [0, 0.1) is 0 Å². The number of hydrogen-bond acceptors (Lipinski definition) is 3. The smallest absolute Gasteiger partial charge is 0.122 e. The Bertz CT molecular complexity index is 651. The van der Waals surface area contributed by atoms with Crippen LogP contribution in [0.5, 0.6) is 11.5 Å². The van der Waals surface area contributed by atoms with Gasteiger partial charge in [-0.1, -0.05) is 24.3 Å². The zero-order chi connectivity index (χ0) is 16.2. The summed E-state index contributed by atoms with van der Waals surface area (Å²) in [4.78, 5) is 0. The average molecular weight is 311 g/mol. The maximum atomic E-state index is 5.49. The van der Waals surface area contributed by atoms with E-state index in [4.69, 9.17) is 9.47 Å². The molecule has 0 fully saturated rings. The fourth-order valence-corrected chi connectivity index (χ4v) is 3.45. The monoisotopic (exact) mass is 311 g/mol. The van der Waals surface area contributed by atoms with E-state index >= 15 is 0 Å². The summed E-state index contributed by atoms with van der Waals surface area (Å²) >= 11 is 0. The maximum Gasteiger partial charge on any atom is 0.122 e. The molecule has 2 aromatic rings. The zero-order valence-corrected chi connectivity index (χ0v) is 14.1. The third-order valence-corrected chi connectivity index (χ3v) is 4.76. The summed E-state index contributed by atoms with van der Waals surface area (Å²) < 4.78 is 10.7. The summed E-state index contributed by atoms with van der Waals surface area (Å²) in [6, 6.07) is 15.5. The van der Waals surface area contributed by atoms with E-state index in [9.17, 15) is 0 Å². The third kappa shape index (κ3) is 3.50. The molecule has 0 radical (unpaired) electrons. The highest BCUT2D eigenvalue weighted by Gasteiger charge is 2.22. The van der Waals surface area contributed by atoms with Gasteiger partial charge in [-0.15, -0.1) is 0 Å². The first-order valence-electron chi connectivity index (χ1n) is 8.26. The Balaban J connectivity index is 1.66. The lowest BCUT2D eigenvalue weighted by atomic mass is 9.87. The Kier molecular flexibility index (Phi) is 4.87. The van der Waals surface area contributed by atoms with Crippen molar-refractivity contribution in [3.8, 4) is 11.5 Å². The molecule has 2 aromatic carbocycles. The molecular formula is C20H25NO2. The second-order valence-electron chi connectivity index (χ2n) is 6.20. The molecule has 122 valence electrons. The Labute approximate surface area is 138 Å². The van der Waals surface area contributed by atoms with Crippen molar-refractivity contribution in [2.75, 3.05) is 14.2 Å². The lowest BCUT2D eigenvalue weighted by Crippen LogP contribution is -2.36. The van der Waals surface area contributed by atoms with Gasteiger partial charge >= 0.3 is 0 Å². The molecule has 23 heavy (non-hydrogen) atoms. The van der Waals surface area contributed by atoms with Crippen LogP contribution in [0.4, 0.5) is 0 Å². The van der Waals surface area contributed by atoms with Crippen LogP contribution in [-0.4, -0.2) is 20.3 Å². The standard InChI is InChI=1S/C20H25NO2/c1-14(15-7-10-18(22-2)11-8-15)21-17-9-12-19-16(13-17)5-4-6-20(19)23-3/h4-8,10-11,14,17,21H,9,12-13H2,1-3H3. The molecule has 0 aromatic heterocycles. The summed E-state index contributed by atoms with van der Waals surface area (Å²) in [6.45, 7) is 2.23. The van der Waals surface area contributed by atoms with Crippen LogP contribution < -0.4 is 14.8 Å². The predicted molar refractivity (Wildman–Crippen MR) is 93.4 cm³/mol. The van der Waals surface area contributed by atoms with Crippen LogP contribution in [0.2, 0.25) is 0 Å². The summed E-state index contributed by atoms with van der Waals surface area (Å²) in [5.41, 5.74) is 4.09. The molecule has 0 heterocycles. The molecule has 0 saturated heterocycles. The highest BCUT2D eigenvalue weighted by molar-refractivity contribution is 5.42. The molecule has 0 saturated carbocycles. The van der Waals surface area contributed by atoms with Crippen molar-refractivity contribution in [2.24, 2.45) is 0 Å². The van der Waals surface area contributed by atoms with Gasteiger partial charge < -0.3 is 14.8 Å². The van der Waals surface area contributed by atoms with Crippen LogP contribution in [-0.2, 0) is 12.8 Å². The van der Waals surface area contributed by atoms with E-state index in [0.29, 0.717) is 12.1 Å². The van der Waals surface area contributed by atoms with Crippen LogP contribution in [0.25, 0.3) is 0 Å². The van der Waals surface area contributed by atoms with Crippen LogP contribution >= 0.6 is 0 Å². The van der Waals surface area contributed by atoms with E-state index in [2.05, 4.69) is 42.6 Å². The fraction of sp³-hybridized carbons (Fsp3) is 0.400. The Hall–Kier alpha value is -2.00. The van der Waals surface area contributed by atoms with Crippen molar-refractivity contribution in [1.29, 1.82) is 0 Å². The van der Waals surface area contributed by atoms with E-state index < -0.39 is 0 Å². The highest BCUT2D eigenvalue weighted by atomic mass is 16.5. The topological polar surface area (TPSA) is 30.5 Å². The number of fused-ring (bicyclic) bond motifs is 1. The molecule has 0 bridgehead atoms. The van der Waals surface area contributed by atoms with Gasteiger partial charge in [0.15, 0.2) is 0 Å². The van der Waals surface area contributed by atoms with Gasteiger partial charge in [-0.05, 0) is 61.1 Å². The van der Waals surface area contributed by atoms with Crippen LogP contribution in [0.3, 0.4) is 0 Å². The quantitative estimate of drug-likeness (QED) is 0.908. The molecule has 0 aliphatic heterocycles. The molecular weight excluding hydrogens is 286 g/mol. The van der Waals surface area contributed by atoms with Crippen LogP contribution in [0.15, 0.2) is 42.5 Å². The molecule has 1 aliphatic rings. The van der Waals surface area contributed by atoms with Gasteiger partial charge in [-0.2, -0.15) is 0 Å². The van der Waals surface area contributed by atoms with Gasteiger partial charge in [0.05, 0.1) is 14.2 Å². The molecule has 1 aliphatic carbocycles. The van der Waals surface area contributed by atoms with E-state index in [1.807, 2.05) is 12.1 Å². The lowest BCUT2D eigenvalue weighted by molar-refractivity contribution is 0.386. The number of rotatable bonds is 5. The molecule has 1 N–H and O–H groups in total. The molecule has 0 amide bonds. The Morgan fingerprint density at radius 2 is 1.83 bits per heavy atom. The zero-order valence-electron chi connectivity index (χ0n) is 14.1. The van der Waals surface area contributed by atoms with E-state index in [-0.39, 0.29) is 0 Å². The average Bonchev–Trinajstić information content (AvgIpc) is 2.61. The highest BCUT2D eigenvalue weighted by Crippen LogP contribution is 2.30. The number of nitrogens with one attached hydrogen (secondary N) is 1. The van der Waals surface area contributed by atoms with Gasteiger partial charge in [-0.25, -0.2) is 0 Å². The largest absolute Gasteiger partial charge is 0.497 e. The molecule has 0 spiro atoms. The first kappa shape index (κ1) is 15.9. The summed E-state index contributed by atoms with van der Waals surface area (Å²) in [6.07, 6.45) is 3.28. The molecule has 2 atom stereocenters. The lowest BCUT2D eigenvalue weighted by Gasteiger charge is -2.29. The van der Waals surface area contributed by atoms with Gasteiger partial charge in [0.25, 0.3) is 0 Å². The second-order valence-corrected chi connectivity index (χ2v) is 6.20. The van der Waals surface area contributed by atoms with Crippen molar-refractivity contribution in [3.63, 3.8) is 0 Å². The van der Waals surface area contributed by atoms with E-state index in [1.54, 1.807) is 14.2 Å². The number of benzene rings is 2. The minimum atomic E-state index is 0.332. The second kappa shape index (κ2) is 7.05. The molecule has 3 nitrogen and oxygen atoms in total. The van der Waals surface area contributed by atoms with Crippen molar-refractivity contribution < 1.29 is 9.47 Å². The Morgan fingerprint density at radius 1 is 1.04 bits per heavy atom. The van der Waals surface area contributed by atoms with E-state index in [1.165, 1.54) is 16.7 Å². The predicted octanol–water partition coefficient (Wildman–Crippen LogP) is 3.91. The third-order valence-electron chi connectivity index (χ3n) is 4.76. The number of ether oxygens (including phenoxy) is 2.